The van der Waals surface area contributed by atoms with Crippen molar-refractivity contribution in [3.05, 3.63) is 0 Å². The predicted octanol–water partition coefficient (Wildman–Crippen LogP) is -0.266. The smallest absolute Gasteiger partial charge is 0.162 e. The Morgan fingerprint density at radius 2 is 1.73 bits per heavy atom. The third-order valence-electron chi connectivity index (χ3n) is 2.42. The van der Waals surface area contributed by atoms with E-state index in [2.05, 4.69) is 0 Å². The van der Waals surface area contributed by atoms with Crippen LogP contribution in [0.3, 0.4) is 0 Å². The molecule has 5 heteroatoms. The van der Waals surface area contributed by atoms with E-state index in [1.165, 1.54) is 7.11 Å². The van der Waals surface area contributed by atoms with Gasteiger partial charge in [0.1, 0.15) is 12.2 Å². The third-order valence-corrected chi connectivity index (χ3v) is 2.42. The number of ether oxygens (including phenoxy) is 2. The van der Waals surface area contributed by atoms with Gasteiger partial charge in [-0.15, -0.1) is 0 Å². The molecule has 0 amide bonds. The Morgan fingerprint density at radius 3 is 2.13 bits per heavy atom. The number of rotatable bonds is 2. The number of aliphatic hydroxyl groups excluding tert-OH is 3. The molecular formula is C10H22O5. The van der Waals surface area contributed by atoms with Crippen LogP contribution in [0.15, 0.2) is 0 Å². The fraction of sp³-hybridized carbons (Fsp3) is 1.00. The van der Waals surface area contributed by atoms with Crippen molar-refractivity contribution in [2.24, 2.45) is 5.92 Å². The van der Waals surface area contributed by atoms with Crippen LogP contribution < -0.4 is 0 Å². The zero-order chi connectivity index (χ0) is 12.0. The lowest BCUT2D eigenvalue weighted by Gasteiger charge is -2.40. The second-order valence-corrected chi connectivity index (χ2v) is 3.30. The molecule has 1 fully saturated rings. The van der Waals surface area contributed by atoms with E-state index in [1.807, 2.05) is 13.8 Å². The summed E-state index contributed by atoms with van der Waals surface area (Å²) < 4.78 is 10.1. The lowest BCUT2D eigenvalue weighted by Crippen LogP contribution is -2.55. The molecular weight excluding hydrogens is 200 g/mol. The lowest BCUT2D eigenvalue weighted by atomic mass is 9.93. The molecule has 0 aromatic carbocycles. The van der Waals surface area contributed by atoms with Crippen LogP contribution >= 0.6 is 0 Å². The molecule has 1 aliphatic rings. The Balaban J connectivity index is 0.000000921. The topological polar surface area (TPSA) is 79.2 Å². The molecule has 1 rings (SSSR count). The molecule has 1 saturated heterocycles. The maximum atomic E-state index is 9.53. The van der Waals surface area contributed by atoms with E-state index < -0.39 is 24.6 Å². The molecule has 1 aliphatic heterocycles. The molecule has 0 aliphatic carbocycles. The van der Waals surface area contributed by atoms with E-state index in [1.54, 1.807) is 6.92 Å². The Kier molecular flexibility index (Phi) is 7.04. The first-order valence-corrected chi connectivity index (χ1v) is 5.27. The van der Waals surface area contributed by atoms with Gasteiger partial charge < -0.3 is 24.8 Å². The lowest BCUT2D eigenvalue weighted by molar-refractivity contribution is -0.274. The quantitative estimate of drug-likeness (QED) is 0.599. The van der Waals surface area contributed by atoms with Crippen molar-refractivity contribution in [2.75, 3.05) is 13.7 Å². The van der Waals surface area contributed by atoms with Gasteiger partial charge in [0.15, 0.2) is 6.29 Å². The van der Waals surface area contributed by atoms with Gasteiger partial charge in [0, 0.05) is 13.0 Å². The van der Waals surface area contributed by atoms with Gasteiger partial charge in [0.05, 0.1) is 12.7 Å². The maximum Gasteiger partial charge on any atom is 0.162 e. The molecule has 0 spiro atoms. The number of methoxy groups -OCH3 is 1. The Labute approximate surface area is 90.6 Å². The highest BCUT2D eigenvalue weighted by Gasteiger charge is 2.41. The van der Waals surface area contributed by atoms with Gasteiger partial charge in [-0.05, 0) is 0 Å². The monoisotopic (exact) mass is 222 g/mol. The van der Waals surface area contributed by atoms with E-state index in [4.69, 9.17) is 14.6 Å². The summed E-state index contributed by atoms with van der Waals surface area (Å²) in [6, 6.07) is 0. The molecule has 5 nitrogen and oxygen atoms in total. The summed E-state index contributed by atoms with van der Waals surface area (Å²) in [7, 11) is 1.46. The Morgan fingerprint density at radius 1 is 1.20 bits per heavy atom. The van der Waals surface area contributed by atoms with E-state index in [0.717, 1.165) is 0 Å². The third kappa shape index (κ3) is 3.39. The highest BCUT2D eigenvalue weighted by atomic mass is 16.7. The van der Waals surface area contributed by atoms with Gasteiger partial charge in [-0.1, -0.05) is 20.8 Å². The predicted molar refractivity (Wildman–Crippen MR) is 55.3 cm³/mol. The van der Waals surface area contributed by atoms with Crippen molar-refractivity contribution in [1.29, 1.82) is 0 Å². The summed E-state index contributed by atoms with van der Waals surface area (Å²) in [5, 5.41) is 27.8. The van der Waals surface area contributed by atoms with E-state index in [0.29, 0.717) is 0 Å². The van der Waals surface area contributed by atoms with Crippen molar-refractivity contribution in [3.8, 4) is 0 Å². The molecule has 1 heterocycles. The largest absolute Gasteiger partial charge is 0.394 e. The van der Waals surface area contributed by atoms with Crippen LogP contribution in [0.1, 0.15) is 20.8 Å². The van der Waals surface area contributed by atoms with Crippen LogP contribution in [-0.4, -0.2) is 53.6 Å². The average Bonchev–Trinajstić information content (AvgIpc) is 2.29. The minimum Gasteiger partial charge on any atom is -0.394 e. The van der Waals surface area contributed by atoms with E-state index in [-0.39, 0.29) is 12.5 Å². The van der Waals surface area contributed by atoms with E-state index >= 15 is 0 Å². The minimum absolute atomic E-state index is 0.303. The van der Waals surface area contributed by atoms with Crippen molar-refractivity contribution < 1.29 is 24.8 Å². The summed E-state index contributed by atoms with van der Waals surface area (Å²) >= 11 is 0. The van der Waals surface area contributed by atoms with Crippen LogP contribution in [0.2, 0.25) is 0 Å². The first-order valence-electron chi connectivity index (χ1n) is 5.27. The Bertz CT molecular complexity index is 144. The van der Waals surface area contributed by atoms with Crippen LogP contribution in [0, 0.1) is 5.92 Å². The SMILES string of the molecule is CC.COC1OC(CO)C(O)C(O)C1C. The summed E-state index contributed by atoms with van der Waals surface area (Å²) in [6.07, 6.45) is -3.31. The molecule has 5 unspecified atom stereocenters. The Hall–Kier alpha value is -0.200. The second-order valence-electron chi connectivity index (χ2n) is 3.30. The van der Waals surface area contributed by atoms with Gasteiger partial charge in [-0.25, -0.2) is 0 Å². The summed E-state index contributed by atoms with van der Waals surface area (Å²) in [6.45, 7) is 5.39. The zero-order valence-corrected chi connectivity index (χ0v) is 9.75. The van der Waals surface area contributed by atoms with Crippen molar-refractivity contribution in [1.82, 2.24) is 0 Å². The average molecular weight is 222 g/mol. The first-order chi connectivity index (χ1) is 7.11. The van der Waals surface area contributed by atoms with Gasteiger partial charge in [-0.2, -0.15) is 0 Å². The molecule has 5 atom stereocenters. The van der Waals surface area contributed by atoms with Gasteiger partial charge in [-0.3, -0.25) is 0 Å². The van der Waals surface area contributed by atoms with Gasteiger partial charge in [0.25, 0.3) is 0 Å². The van der Waals surface area contributed by atoms with Crippen LogP contribution in [-0.2, 0) is 9.47 Å². The van der Waals surface area contributed by atoms with Crippen molar-refractivity contribution >= 4 is 0 Å². The minimum atomic E-state index is -1.05. The molecule has 0 bridgehead atoms. The van der Waals surface area contributed by atoms with Crippen LogP contribution in [0.5, 0.6) is 0 Å². The maximum absolute atomic E-state index is 9.53. The highest BCUT2D eigenvalue weighted by molar-refractivity contribution is 4.86. The number of hydrogen-bond donors (Lipinski definition) is 3. The first kappa shape index (κ1) is 14.8. The van der Waals surface area contributed by atoms with E-state index in [9.17, 15) is 10.2 Å². The molecule has 0 saturated carbocycles. The molecule has 15 heavy (non-hydrogen) atoms. The van der Waals surface area contributed by atoms with Crippen LogP contribution in [0.4, 0.5) is 0 Å². The summed E-state index contributed by atoms with van der Waals surface area (Å²) in [5.74, 6) is -0.303. The fourth-order valence-electron chi connectivity index (χ4n) is 1.49. The van der Waals surface area contributed by atoms with Gasteiger partial charge >= 0.3 is 0 Å². The number of hydrogen-bond acceptors (Lipinski definition) is 5. The van der Waals surface area contributed by atoms with Gasteiger partial charge in [0.2, 0.25) is 0 Å². The second kappa shape index (κ2) is 7.14. The standard InChI is InChI=1S/C8H16O5.C2H6/c1-4-6(10)7(11)5(3-9)13-8(4)12-2;1-2/h4-11H,3H2,1-2H3;1-2H3. The summed E-state index contributed by atoms with van der Waals surface area (Å²) in [5.41, 5.74) is 0. The van der Waals surface area contributed by atoms with Crippen LogP contribution in [0.25, 0.3) is 0 Å². The summed E-state index contributed by atoms with van der Waals surface area (Å²) in [4.78, 5) is 0. The molecule has 0 radical (unpaired) electrons. The fourth-order valence-corrected chi connectivity index (χ4v) is 1.49. The molecule has 0 aromatic rings. The zero-order valence-electron chi connectivity index (χ0n) is 9.75. The molecule has 0 aromatic heterocycles. The van der Waals surface area contributed by atoms with Crippen molar-refractivity contribution in [3.63, 3.8) is 0 Å². The highest BCUT2D eigenvalue weighted by Crippen LogP contribution is 2.25. The molecule has 3 N–H and O–H groups in total. The van der Waals surface area contributed by atoms with Crippen molar-refractivity contribution in [2.45, 2.75) is 45.4 Å². The molecule has 92 valence electrons. The number of aliphatic hydroxyl groups is 3. The normalized spacial score (nSPS) is 40.6.